The first kappa shape index (κ1) is 42.8. The maximum atomic E-state index is 12.1. The van der Waals surface area contributed by atoms with Gasteiger partial charge in [-0.3, -0.25) is 4.79 Å². The standard InChI is InChI=1S/C41H70O4/c1-3-5-7-9-11-13-15-17-19-21-22-24-26-28-30-32-34-36-41(43)45-40(38-42)39-44-37-35-33-31-29-27-25-23-20-18-16-14-12-10-8-6-4-2/h5,7,11-14,17-20,22,24,40,42H,3-4,6,8-10,15-16,21,23,25-39H2,1-2H3/b7-5-,13-11-,14-12-,19-17-,20-18-,24-22-. The second-order valence-corrected chi connectivity index (χ2v) is 11.9. The van der Waals surface area contributed by atoms with E-state index in [-0.39, 0.29) is 19.2 Å². The number of rotatable bonds is 33. The minimum Gasteiger partial charge on any atom is -0.457 e. The second kappa shape index (κ2) is 38.0. The van der Waals surface area contributed by atoms with Crippen molar-refractivity contribution in [2.75, 3.05) is 19.8 Å². The average Bonchev–Trinajstić information content (AvgIpc) is 3.05. The van der Waals surface area contributed by atoms with Crippen molar-refractivity contribution in [3.05, 3.63) is 72.9 Å². The fourth-order valence-electron chi connectivity index (χ4n) is 4.76. The van der Waals surface area contributed by atoms with E-state index < -0.39 is 6.10 Å². The molecule has 0 heterocycles. The van der Waals surface area contributed by atoms with Gasteiger partial charge in [-0.1, -0.05) is 138 Å². The molecule has 1 N–H and O–H groups in total. The number of allylic oxidation sites excluding steroid dienone is 12. The Morgan fingerprint density at radius 3 is 1.51 bits per heavy atom. The summed E-state index contributed by atoms with van der Waals surface area (Å²) in [5.41, 5.74) is 0. The molecule has 0 aromatic heterocycles. The van der Waals surface area contributed by atoms with Crippen molar-refractivity contribution in [2.45, 2.75) is 161 Å². The molecule has 1 atom stereocenters. The molecular formula is C41H70O4. The van der Waals surface area contributed by atoms with Crippen molar-refractivity contribution >= 4 is 5.97 Å². The molecule has 0 bridgehead atoms. The van der Waals surface area contributed by atoms with Gasteiger partial charge < -0.3 is 14.6 Å². The van der Waals surface area contributed by atoms with Crippen molar-refractivity contribution in [1.29, 1.82) is 0 Å². The van der Waals surface area contributed by atoms with E-state index in [1.165, 1.54) is 57.8 Å². The first-order valence-corrected chi connectivity index (χ1v) is 18.5. The molecule has 0 aromatic carbocycles. The van der Waals surface area contributed by atoms with E-state index in [0.29, 0.717) is 13.0 Å². The summed E-state index contributed by atoms with van der Waals surface area (Å²) in [6.45, 7) is 5.14. The van der Waals surface area contributed by atoms with Gasteiger partial charge >= 0.3 is 5.97 Å². The Bertz CT molecular complexity index is 789. The maximum absolute atomic E-state index is 12.1. The summed E-state index contributed by atoms with van der Waals surface area (Å²) >= 11 is 0. The van der Waals surface area contributed by atoms with Gasteiger partial charge in [-0.2, -0.15) is 0 Å². The van der Waals surface area contributed by atoms with Gasteiger partial charge in [0.25, 0.3) is 0 Å². The summed E-state index contributed by atoms with van der Waals surface area (Å²) in [4.78, 5) is 12.1. The van der Waals surface area contributed by atoms with E-state index in [0.717, 1.165) is 77.0 Å². The molecule has 4 heteroatoms. The Morgan fingerprint density at radius 2 is 1.00 bits per heavy atom. The second-order valence-electron chi connectivity index (χ2n) is 11.9. The van der Waals surface area contributed by atoms with Crippen molar-refractivity contribution in [1.82, 2.24) is 0 Å². The van der Waals surface area contributed by atoms with Gasteiger partial charge in [-0.15, -0.1) is 0 Å². The third-order valence-corrected chi connectivity index (χ3v) is 7.52. The summed E-state index contributed by atoms with van der Waals surface area (Å²) < 4.78 is 11.1. The van der Waals surface area contributed by atoms with E-state index in [2.05, 4.69) is 86.8 Å². The van der Waals surface area contributed by atoms with Crippen LogP contribution in [-0.4, -0.2) is 37.0 Å². The highest BCUT2D eigenvalue weighted by Gasteiger charge is 2.13. The van der Waals surface area contributed by atoms with Crippen molar-refractivity contribution in [2.24, 2.45) is 0 Å². The molecule has 1 unspecified atom stereocenters. The van der Waals surface area contributed by atoms with Crippen LogP contribution in [0.2, 0.25) is 0 Å². The first-order valence-electron chi connectivity index (χ1n) is 18.5. The SMILES string of the molecule is CC/C=C\C/C=C\C/C=C\C/C=C\CCCCCCC(=O)OC(CO)COCCCCCCCC/C=C\C/C=C\CCCCC. The number of aliphatic hydroxyl groups excluding tert-OH is 1. The van der Waals surface area contributed by atoms with Crippen LogP contribution < -0.4 is 0 Å². The Hall–Kier alpha value is -2.17. The molecule has 0 saturated heterocycles. The average molecular weight is 627 g/mol. The fraction of sp³-hybridized carbons (Fsp3) is 0.683. The molecule has 0 spiro atoms. The van der Waals surface area contributed by atoms with E-state index in [1.54, 1.807) is 0 Å². The van der Waals surface area contributed by atoms with Crippen LogP contribution in [-0.2, 0) is 14.3 Å². The van der Waals surface area contributed by atoms with E-state index >= 15 is 0 Å². The van der Waals surface area contributed by atoms with Gasteiger partial charge in [-0.05, 0) is 83.5 Å². The maximum Gasteiger partial charge on any atom is 0.306 e. The van der Waals surface area contributed by atoms with E-state index in [4.69, 9.17) is 9.47 Å². The number of carbonyl (C=O) groups excluding carboxylic acids is 1. The summed E-state index contributed by atoms with van der Waals surface area (Å²) in [5.74, 6) is -0.231. The number of unbranched alkanes of at least 4 members (excludes halogenated alkanes) is 13. The van der Waals surface area contributed by atoms with E-state index in [9.17, 15) is 9.90 Å². The third kappa shape index (κ3) is 36.2. The normalized spacial score (nSPS) is 13.2. The lowest BCUT2D eigenvalue weighted by Gasteiger charge is -2.15. The zero-order valence-corrected chi connectivity index (χ0v) is 29.4. The quantitative estimate of drug-likeness (QED) is 0.0447. The van der Waals surface area contributed by atoms with Gasteiger partial charge in [0.1, 0.15) is 6.10 Å². The zero-order chi connectivity index (χ0) is 32.7. The molecule has 0 aliphatic heterocycles. The molecule has 0 amide bonds. The molecule has 0 fully saturated rings. The van der Waals surface area contributed by atoms with Gasteiger partial charge in [-0.25, -0.2) is 0 Å². The van der Waals surface area contributed by atoms with Crippen LogP contribution in [0.15, 0.2) is 72.9 Å². The van der Waals surface area contributed by atoms with Crippen LogP contribution in [0.4, 0.5) is 0 Å². The largest absolute Gasteiger partial charge is 0.457 e. The summed E-state index contributed by atoms with van der Waals surface area (Å²) in [6.07, 6.45) is 50.8. The molecule has 0 saturated carbocycles. The highest BCUT2D eigenvalue weighted by atomic mass is 16.6. The summed E-state index contributed by atoms with van der Waals surface area (Å²) in [6, 6.07) is 0. The molecule has 0 aliphatic rings. The topological polar surface area (TPSA) is 55.8 Å². The van der Waals surface area contributed by atoms with Crippen molar-refractivity contribution in [3.63, 3.8) is 0 Å². The lowest BCUT2D eigenvalue weighted by Crippen LogP contribution is -2.27. The first-order chi connectivity index (χ1) is 22.2. The molecule has 4 nitrogen and oxygen atoms in total. The number of ether oxygens (including phenoxy) is 2. The Morgan fingerprint density at radius 1 is 0.556 bits per heavy atom. The Labute approximate surface area is 278 Å². The van der Waals surface area contributed by atoms with Crippen molar-refractivity contribution < 1.29 is 19.4 Å². The number of aliphatic hydroxyl groups is 1. The number of hydrogen-bond acceptors (Lipinski definition) is 4. The van der Waals surface area contributed by atoms with Gasteiger partial charge in [0, 0.05) is 13.0 Å². The van der Waals surface area contributed by atoms with Crippen LogP contribution in [0, 0.1) is 0 Å². The smallest absolute Gasteiger partial charge is 0.306 e. The predicted molar refractivity (Wildman–Crippen MR) is 196 cm³/mol. The highest BCUT2D eigenvalue weighted by molar-refractivity contribution is 5.69. The number of hydrogen-bond donors (Lipinski definition) is 1. The minimum atomic E-state index is -0.555. The monoisotopic (exact) mass is 627 g/mol. The van der Waals surface area contributed by atoms with Crippen LogP contribution in [0.5, 0.6) is 0 Å². The molecule has 0 aromatic rings. The highest BCUT2D eigenvalue weighted by Crippen LogP contribution is 2.10. The van der Waals surface area contributed by atoms with Crippen LogP contribution in [0.3, 0.4) is 0 Å². The summed E-state index contributed by atoms with van der Waals surface area (Å²) in [5, 5.41) is 9.56. The van der Waals surface area contributed by atoms with E-state index in [1.807, 2.05) is 0 Å². The lowest BCUT2D eigenvalue weighted by molar-refractivity contribution is -0.154. The van der Waals surface area contributed by atoms with Gasteiger partial charge in [0.2, 0.25) is 0 Å². The molecule has 258 valence electrons. The molecule has 0 rings (SSSR count). The lowest BCUT2D eigenvalue weighted by atomic mass is 10.1. The molecule has 0 aliphatic carbocycles. The van der Waals surface area contributed by atoms with Gasteiger partial charge in [0.15, 0.2) is 0 Å². The zero-order valence-electron chi connectivity index (χ0n) is 29.4. The van der Waals surface area contributed by atoms with Crippen molar-refractivity contribution in [3.8, 4) is 0 Å². The molecule has 0 radical (unpaired) electrons. The van der Waals surface area contributed by atoms with Crippen LogP contribution >= 0.6 is 0 Å². The third-order valence-electron chi connectivity index (χ3n) is 7.52. The Kier molecular flexibility index (Phi) is 36.2. The summed E-state index contributed by atoms with van der Waals surface area (Å²) in [7, 11) is 0. The minimum absolute atomic E-state index is 0.190. The van der Waals surface area contributed by atoms with Crippen LogP contribution in [0.1, 0.15) is 155 Å². The fourth-order valence-corrected chi connectivity index (χ4v) is 4.76. The molecule has 45 heavy (non-hydrogen) atoms. The number of esters is 1. The Balaban J connectivity index is 3.55. The van der Waals surface area contributed by atoms with Gasteiger partial charge in [0.05, 0.1) is 13.2 Å². The van der Waals surface area contributed by atoms with Crippen LogP contribution in [0.25, 0.3) is 0 Å². The molecular weight excluding hydrogens is 556 g/mol. The predicted octanol–water partition coefficient (Wildman–Crippen LogP) is 11.9. The number of carbonyl (C=O) groups is 1.